The number of rotatable bonds is 4. The average molecular weight is 145 g/mol. The van der Waals surface area contributed by atoms with E-state index in [1.165, 1.54) is 0 Å². The fourth-order valence-electron chi connectivity index (χ4n) is 0.400. The summed E-state index contributed by atoms with van der Waals surface area (Å²) in [6, 6.07) is 0. The molecule has 4 heteroatoms. The molecule has 0 spiro atoms. The number of allylic oxidation sites excluding steroid dienone is 1. The molecule has 60 valence electrons. The van der Waals surface area contributed by atoms with Crippen molar-refractivity contribution in [3.05, 3.63) is 11.5 Å². The summed E-state index contributed by atoms with van der Waals surface area (Å²) >= 11 is 0. The van der Waals surface area contributed by atoms with Gasteiger partial charge < -0.3 is 15.3 Å². The first kappa shape index (κ1) is 9.26. The van der Waals surface area contributed by atoms with E-state index in [2.05, 4.69) is 10.2 Å². The minimum Gasteiger partial charge on any atom is -0.861 e. The summed E-state index contributed by atoms with van der Waals surface area (Å²) in [4.78, 5) is 4.25. The first-order chi connectivity index (χ1) is 4.68. The SMILES string of the molecule is CC(C)=C([O-])NCCON. The van der Waals surface area contributed by atoms with Gasteiger partial charge in [-0.2, -0.15) is 0 Å². The van der Waals surface area contributed by atoms with Gasteiger partial charge in [0.05, 0.1) is 6.61 Å². The second kappa shape index (κ2) is 5.08. The van der Waals surface area contributed by atoms with Gasteiger partial charge in [-0.15, -0.1) is 0 Å². The maximum Gasteiger partial charge on any atom is 0.0851 e. The van der Waals surface area contributed by atoms with E-state index in [9.17, 15) is 5.11 Å². The molecule has 0 aromatic carbocycles. The van der Waals surface area contributed by atoms with Gasteiger partial charge in [-0.3, -0.25) is 0 Å². The third kappa shape index (κ3) is 4.17. The van der Waals surface area contributed by atoms with Gasteiger partial charge in [-0.25, -0.2) is 5.90 Å². The molecule has 0 unspecified atom stereocenters. The Hall–Kier alpha value is -0.740. The highest BCUT2D eigenvalue weighted by Gasteiger charge is 1.83. The number of hydrogen-bond acceptors (Lipinski definition) is 4. The summed E-state index contributed by atoms with van der Waals surface area (Å²) in [7, 11) is 0. The first-order valence-electron chi connectivity index (χ1n) is 3.08. The molecule has 0 heterocycles. The van der Waals surface area contributed by atoms with Crippen LogP contribution in [0.15, 0.2) is 11.5 Å². The maximum atomic E-state index is 10.8. The van der Waals surface area contributed by atoms with Gasteiger partial charge in [0, 0.05) is 6.54 Å². The Balaban J connectivity index is 3.40. The van der Waals surface area contributed by atoms with Crippen molar-refractivity contribution in [3.8, 4) is 0 Å². The lowest BCUT2D eigenvalue weighted by molar-refractivity contribution is -0.313. The number of nitrogens with one attached hydrogen (secondary N) is 1. The van der Waals surface area contributed by atoms with E-state index in [-0.39, 0.29) is 5.88 Å². The highest BCUT2D eigenvalue weighted by atomic mass is 16.6. The van der Waals surface area contributed by atoms with E-state index >= 15 is 0 Å². The van der Waals surface area contributed by atoms with Gasteiger partial charge >= 0.3 is 0 Å². The Bertz CT molecular complexity index is 119. The van der Waals surface area contributed by atoms with Crippen molar-refractivity contribution in [2.24, 2.45) is 5.90 Å². The smallest absolute Gasteiger partial charge is 0.0851 e. The van der Waals surface area contributed by atoms with E-state index in [1.807, 2.05) is 0 Å². The summed E-state index contributed by atoms with van der Waals surface area (Å²) in [5.41, 5.74) is 0.733. The van der Waals surface area contributed by atoms with Crippen LogP contribution in [-0.2, 0) is 4.84 Å². The fraction of sp³-hybridized carbons (Fsp3) is 0.667. The lowest BCUT2D eigenvalue weighted by Gasteiger charge is -2.16. The van der Waals surface area contributed by atoms with Crippen LogP contribution in [0.5, 0.6) is 0 Å². The predicted octanol–water partition coefficient (Wildman–Crippen LogP) is -0.922. The average Bonchev–Trinajstić information content (AvgIpc) is 1.88. The molecular formula is C6H13N2O2-. The van der Waals surface area contributed by atoms with Crippen LogP contribution in [0, 0.1) is 0 Å². The summed E-state index contributed by atoms with van der Waals surface area (Å²) in [5.74, 6) is 4.67. The molecule has 0 fully saturated rings. The highest BCUT2D eigenvalue weighted by Crippen LogP contribution is 1.89. The lowest BCUT2D eigenvalue weighted by Crippen LogP contribution is -2.28. The van der Waals surface area contributed by atoms with E-state index in [1.54, 1.807) is 13.8 Å². The third-order valence-corrected chi connectivity index (χ3v) is 0.960. The lowest BCUT2D eigenvalue weighted by atomic mass is 10.4. The fourth-order valence-corrected chi connectivity index (χ4v) is 0.400. The highest BCUT2D eigenvalue weighted by molar-refractivity contribution is 4.96. The molecule has 0 saturated carbocycles. The quantitative estimate of drug-likeness (QED) is 0.305. The van der Waals surface area contributed by atoms with Crippen LogP contribution >= 0.6 is 0 Å². The zero-order chi connectivity index (χ0) is 7.98. The Morgan fingerprint density at radius 1 is 1.60 bits per heavy atom. The summed E-state index contributed by atoms with van der Waals surface area (Å²) in [6.07, 6.45) is 0. The van der Waals surface area contributed by atoms with Gasteiger partial charge in [0.15, 0.2) is 0 Å². The van der Waals surface area contributed by atoms with Crippen molar-refractivity contribution < 1.29 is 9.94 Å². The first-order valence-corrected chi connectivity index (χ1v) is 3.08. The van der Waals surface area contributed by atoms with E-state index in [4.69, 9.17) is 5.90 Å². The summed E-state index contributed by atoms with van der Waals surface area (Å²) in [5, 5.41) is 13.4. The van der Waals surface area contributed by atoms with E-state index < -0.39 is 0 Å². The van der Waals surface area contributed by atoms with Crippen molar-refractivity contribution in [2.75, 3.05) is 13.2 Å². The van der Waals surface area contributed by atoms with Gasteiger partial charge in [0.2, 0.25) is 0 Å². The molecule has 4 nitrogen and oxygen atoms in total. The molecule has 0 amide bonds. The standard InChI is InChI=1S/C6H14N2O2/c1-5(2)6(9)8-3-4-10-7/h8-9H,3-4,7H2,1-2H3/p-1. The molecule has 0 aromatic rings. The second-order valence-corrected chi connectivity index (χ2v) is 2.13. The minimum atomic E-state index is -0.0583. The van der Waals surface area contributed by atoms with Crippen LogP contribution in [0.2, 0.25) is 0 Å². The topological polar surface area (TPSA) is 70.3 Å². The molecule has 0 bridgehead atoms. The number of nitrogens with two attached hydrogens (primary N) is 1. The minimum absolute atomic E-state index is 0.0583. The Kier molecular flexibility index (Phi) is 4.70. The zero-order valence-electron chi connectivity index (χ0n) is 6.31. The zero-order valence-corrected chi connectivity index (χ0v) is 6.31. The Labute approximate surface area is 60.6 Å². The van der Waals surface area contributed by atoms with Crippen LogP contribution in [-0.4, -0.2) is 13.2 Å². The molecule has 3 N–H and O–H groups in total. The van der Waals surface area contributed by atoms with Crippen molar-refractivity contribution in [1.82, 2.24) is 5.32 Å². The molecule has 0 saturated heterocycles. The monoisotopic (exact) mass is 145 g/mol. The Morgan fingerprint density at radius 3 is 2.60 bits per heavy atom. The predicted molar refractivity (Wildman–Crippen MR) is 36.5 cm³/mol. The number of hydrogen-bond donors (Lipinski definition) is 2. The van der Waals surface area contributed by atoms with Gasteiger partial charge in [0.1, 0.15) is 0 Å². The molecule has 0 radical (unpaired) electrons. The normalized spacial score (nSPS) is 9.10. The van der Waals surface area contributed by atoms with Gasteiger partial charge in [-0.1, -0.05) is 5.57 Å². The van der Waals surface area contributed by atoms with Crippen molar-refractivity contribution in [2.45, 2.75) is 13.8 Å². The van der Waals surface area contributed by atoms with Crippen LogP contribution in [0.4, 0.5) is 0 Å². The summed E-state index contributed by atoms with van der Waals surface area (Å²) in [6.45, 7) is 4.30. The van der Waals surface area contributed by atoms with Crippen molar-refractivity contribution in [3.63, 3.8) is 0 Å². The van der Waals surface area contributed by atoms with E-state index in [0.29, 0.717) is 13.2 Å². The van der Waals surface area contributed by atoms with Crippen LogP contribution in [0.25, 0.3) is 0 Å². The third-order valence-electron chi connectivity index (χ3n) is 0.960. The van der Waals surface area contributed by atoms with E-state index in [0.717, 1.165) is 5.57 Å². The van der Waals surface area contributed by atoms with Crippen LogP contribution in [0.1, 0.15) is 13.8 Å². The molecule has 10 heavy (non-hydrogen) atoms. The largest absolute Gasteiger partial charge is 0.861 e. The molecule has 0 aliphatic heterocycles. The van der Waals surface area contributed by atoms with Crippen molar-refractivity contribution in [1.29, 1.82) is 0 Å². The molecule has 0 rings (SSSR count). The maximum absolute atomic E-state index is 10.8. The molecule has 0 atom stereocenters. The van der Waals surface area contributed by atoms with Crippen LogP contribution < -0.4 is 16.3 Å². The second-order valence-electron chi connectivity index (χ2n) is 2.13. The molecular weight excluding hydrogens is 132 g/mol. The molecule has 0 aliphatic carbocycles. The Morgan fingerprint density at radius 2 is 2.20 bits per heavy atom. The van der Waals surface area contributed by atoms with Crippen LogP contribution in [0.3, 0.4) is 0 Å². The van der Waals surface area contributed by atoms with Gasteiger partial charge in [-0.05, 0) is 19.7 Å². The molecule has 0 aliphatic rings. The summed E-state index contributed by atoms with van der Waals surface area (Å²) < 4.78 is 0. The van der Waals surface area contributed by atoms with Crippen molar-refractivity contribution >= 4 is 0 Å². The van der Waals surface area contributed by atoms with Gasteiger partial charge in [0.25, 0.3) is 0 Å². The molecule has 0 aromatic heterocycles.